The lowest BCUT2D eigenvalue weighted by molar-refractivity contribution is 0.161. The number of alkyl carbamates (subject to hydrolysis) is 1. The lowest BCUT2D eigenvalue weighted by atomic mass is 10.1. The van der Waals surface area contributed by atoms with Gasteiger partial charge in [0.05, 0.1) is 0 Å². The molecule has 0 aromatic rings. The van der Waals surface area contributed by atoms with Gasteiger partial charge >= 0.3 is 6.09 Å². The number of halogens is 1. The first-order chi connectivity index (χ1) is 7.60. The second kappa shape index (κ2) is 9.28. The van der Waals surface area contributed by atoms with Gasteiger partial charge in [-0.15, -0.1) is 0 Å². The zero-order chi connectivity index (χ0) is 12.4. The molecular weight excluding hydrogens is 226 g/mol. The lowest BCUT2D eigenvalue weighted by Crippen LogP contribution is -2.32. The van der Waals surface area contributed by atoms with E-state index in [9.17, 15) is 4.79 Å². The number of rotatable bonds is 6. The number of hydrogen-bond donors (Lipinski definition) is 1. The quantitative estimate of drug-likeness (QED) is 0.574. The number of ether oxygens (including phenoxy) is 1. The van der Waals surface area contributed by atoms with E-state index >= 15 is 0 Å². The van der Waals surface area contributed by atoms with Crippen LogP contribution in [0.2, 0.25) is 0 Å². The molecule has 0 bridgehead atoms. The largest absolute Gasteiger partial charge is 0.433 e. The van der Waals surface area contributed by atoms with E-state index in [1.807, 2.05) is 19.9 Å². The fourth-order valence-electron chi connectivity index (χ4n) is 1.26. The van der Waals surface area contributed by atoms with Crippen LogP contribution in [0.1, 0.15) is 33.6 Å². The molecular formula is C12H20ClNO2. The van der Waals surface area contributed by atoms with Crippen LogP contribution >= 0.6 is 11.6 Å². The number of alkyl halides is 1. The Morgan fingerprint density at radius 3 is 2.81 bits per heavy atom. The Bertz CT molecular complexity index is 262. The molecule has 0 fully saturated rings. The van der Waals surface area contributed by atoms with Crippen LogP contribution in [0.5, 0.6) is 0 Å². The SMILES string of the molecule is CC/C=C\C=C(/C)C[C@H](C)NC(=O)OCCl. The van der Waals surface area contributed by atoms with Gasteiger partial charge in [0.25, 0.3) is 0 Å². The van der Waals surface area contributed by atoms with Crippen molar-refractivity contribution in [2.75, 3.05) is 6.07 Å². The third-order valence-corrected chi connectivity index (χ3v) is 2.04. The van der Waals surface area contributed by atoms with Gasteiger partial charge in [-0.25, -0.2) is 4.79 Å². The molecule has 0 aromatic heterocycles. The fraction of sp³-hybridized carbons (Fsp3) is 0.583. The van der Waals surface area contributed by atoms with Crippen molar-refractivity contribution in [3.05, 3.63) is 23.8 Å². The summed E-state index contributed by atoms with van der Waals surface area (Å²) in [6.07, 6.45) is 7.52. The topological polar surface area (TPSA) is 38.3 Å². The van der Waals surface area contributed by atoms with Gasteiger partial charge in [0.15, 0.2) is 6.07 Å². The highest BCUT2D eigenvalue weighted by Gasteiger charge is 2.07. The van der Waals surface area contributed by atoms with Crippen molar-refractivity contribution < 1.29 is 9.53 Å². The van der Waals surface area contributed by atoms with Gasteiger partial charge in [-0.3, -0.25) is 0 Å². The third-order valence-electron chi connectivity index (χ3n) is 1.93. The molecule has 0 aromatic carbocycles. The predicted octanol–water partition coefficient (Wildman–Crippen LogP) is 3.60. The van der Waals surface area contributed by atoms with E-state index in [0.717, 1.165) is 12.8 Å². The molecule has 0 aliphatic heterocycles. The van der Waals surface area contributed by atoms with Crippen LogP contribution in [-0.4, -0.2) is 18.2 Å². The summed E-state index contributed by atoms with van der Waals surface area (Å²) in [5.41, 5.74) is 1.21. The summed E-state index contributed by atoms with van der Waals surface area (Å²) in [6.45, 7) is 6.05. The summed E-state index contributed by atoms with van der Waals surface area (Å²) in [5, 5.41) is 2.69. The van der Waals surface area contributed by atoms with Crippen molar-refractivity contribution in [1.29, 1.82) is 0 Å². The molecule has 0 aliphatic rings. The highest BCUT2D eigenvalue weighted by Crippen LogP contribution is 2.05. The molecule has 4 heteroatoms. The van der Waals surface area contributed by atoms with Crippen molar-refractivity contribution in [2.24, 2.45) is 0 Å². The number of allylic oxidation sites excluding steroid dienone is 3. The van der Waals surface area contributed by atoms with E-state index < -0.39 is 6.09 Å². The van der Waals surface area contributed by atoms with Crippen LogP contribution in [0.3, 0.4) is 0 Å². The normalized spacial score (nSPS) is 13.9. The molecule has 16 heavy (non-hydrogen) atoms. The highest BCUT2D eigenvalue weighted by atomic mass is 35.5. The minimum atomic E-state index is -0.473. The lowest BCUT2D eigenvalue weighted by Gasteiger charge is -2.13. The molecule has 0 saturated heterocycles. The van der Waals surface area contributed by atoms with E-state index in [1.54, 1.807) is 0 Å². The van der Waals surface area contributed by atoms with Crippen LogP contribution in [0, 0.1) is 0 Å². The maximum atomic E-state index is 11.0. The van der Waals surface area contributed by atoms with Crippen molar-refractivity contribution in [3.8, 4) is 0 Å². The van der Waals surface area contributed by atoms with Gasteiger partial charge in [-0.2, -0.15) is 0 Å². The molecule has 0 radical (unpaired) electrons. The Morgan fingerprint density at radius 1 is 1.56 bits per heavy atom. The predicted molar refractivity (Wildman–Crippen MR) is 67.6 cm³/mol. The minimum absolute atomic E-state index is 0.0435. The standard InChI is InChI=1S/C12H20ClNO2/c1-4-5-6-7-10(2)8-11(3)14-12(15)16-9-13/h5-7,11H,4,8-9H2,1-3H3,(H,14,15)/b6-5-,10-7+/t11-/m0/s1. The number of carbonyl (C=O) groups excluding carboxylic acids is 1. The van der Waals surface area contributed by atoms with Crippen molar-refractivity contribution >= 4 is 17.7 Å². The summed E-state index contributed by atoms with van der Waals surface area (Å²) in [5.74, 6) is 0. The van der Waals surface area contributed by atoms with Gasteiger partial charge in [0.1, 0.15) is 0 Å². The molecule has 0 rings (SSSR count). The molecule has 0 heterocycles. The van der Waals surface area contributed by atoms with Crippen LogP contribution in [-0.2, 0) is 4.74 Å². The van der Waals surface area contributed by atoms with Gasteiger partial charge < -0.3 is 10.1 Å². The summed E-state index contributed by atoms with van der Waals surface area (Å²) < 4.78 is 4.57. The second-order valence-electron chi connectivity index (χ2n) is 3.64. The highest BCUT2D eigenvalue weighted by molar-refractivity contribution is 6.17. The Balaban J connectivity index is 3.94. The smallest absolute Gasteiger partial charge is 0.408 e. The van der Waals surface area contributed by atoms with E-state index in [0.29, 0.717) is 0 Å². The third kappa shape index (κ3) is 8.36. The second-order valence-corrected chi connectivity index (χ2v) is 3.86. The van der Waals surface area contributed by atoms with Crippen LogP contribution < -0.4 is 5.32 Å². The average Bonchev–Trinajstić information content (AvgIpc) is 2.17. The zero-order valence-corrected chi connectivity index (χ0v) is 10.9. The summed E-state index contributed by atoms with van der Waals surface area (Å²) in [4.78, 5) is 11.0. The van der Waals surface area contributed by atoms with Crippen LogP contribution in [0.15, 0.2) is 23.8 Å². The molecule has 0 aliphatic carbocycles. The number of nitrogens with one attached hydrogen (secondary N) is 1. The Hall–Kier alpha value is -0.960. The summed E-state index contributed by atoms with van der Waals surface area (Å²) in [7, 11) is 0. The molecule has 0 saturated carbocycles. The Labute approximate surface area is 103 Å². The molecule has 0 unspecified atom stereocenters. The van der Waals surface area contributed by atoms with Gasteiger partial charge in [0.2, 0.25) is 0 Å². The molecule has 1 amide bonds. The molecule has 3 nitrogen and oxygen atoms in total. The molecule has 92 valence electrons. The van der Waals surface area contributed by atoms with Gasteiger partial charge in [-0.1, -0.05) is 42.3 Å². The van der Waals surface area contributed by atoms with Crippen molar-refractivity contribution in [3.63, 3.8) is 0 Å². The molecule has 1 N–H and O–H groups in total. The Kier molecular flexibility index (Phi) is 8.72. The first-order valence-corrected chi connectivity index (χ1v) is 5.95. The van der Waals surface area contributed by atoms with Gasteiger partial charge in [0, 0.05) is 6.04 Å². The first kappa shape index (κ1) is 15.0. The zero-order valence-electron chi connectivity index (χ0n) is 10.1. The van der Waals surface area contributed by atoms with Crippen LogP contribution in [0.4, 0.5) is 4.79 Å². The fourth-order valence-corrected chi connectivity index (χ4v) is 1.36. The average molecular weight is 246 g/mol. The van der Waals surface area contributed by atoms with Crippen molar-refractivity contribution in [2.45, 2.75) is 39.7 Å². The van der Waals surface area contributed by atoms with E-state index in [4.69, 9.17) is 11.6 Å². The van der Waals surface area contributed by atoms with E-state index in [2.05, 4.69) is 29.1 Å². The van der Waals surface area contributed by atoms with E-state index in [1.165, 1.54) is 5.57 Å². The number of carbonyl (C=O) groups is 1. The van der Waals surface area contributed by atoms with Crippen molar-refractivity contribution in [1.82, 2.24) is 5.32 Å². The summed E-state index contributed by atoms with van der Waals surface area (Å²) >= 11 is 5.27. The number of amides is 1. The minimum Gasteiger partial charge on any atom is -0.433 e. The maximum absolute atomic E-state index is 11.0. The molecule has 1 atom stereocenters. The monoisotopic (exact) mass is 245 g/mol. The number of hydrogen-bond acceptors (Lipinski definition) is 2. The maximum Gasteiger partial charge on any atom is 0.408 e. The summed E-state index contributed by atoms with van der Waals surface area (Å²) in [6, 6.07) is -0.0749. The molecule has 0 spiro atoms. The van der Waals surface area contributed by atoms with Gasteiger partial charge in [-0.05, 0) is 26.7 Å². The van der Waals surface area contributed by atoms with Crippen LogP contribution in [0.25, 0.3) is 0 Å². The first-order valence-electron chi connectivity index (χ1n) is 5.41. The Morgan fingerprint density at radius 2 is 2.25 bits per heavy atom. The van der Waals surface area contributed by atoms with E-state index in [-0.39, 0.29) is 12.1 Å².